The standard InChI is InChI=1S/C27H27F2N4O3P/c1-19(27(34,16-33-18-31-17-32-33)24-11-10-22(28)12-25(24)29)37-23-14-35-26(36-15-23)5-3-2-4-20-6-8-21(13-30)9-7-20/h2-12,17-19,23,26,34,37H,14-16H2,1H3/b4-2+,5-3+/t19-,23?,26?,27-/m1/s1. The summed E-state index contributed by atoms with van der Waals surface area (Å²) in [5.41, 5.74) is -0.453. The highest BCUT2D eigenvalue weighted by atomic mass is 31.1. The summed E-state index contributed by atoms with van der Waals surface area (Å²) in [6.45, 7) is 2.64. The van der Waals surface area contributed by atoms with Crippen LogP contribution in [0.3, 0.4) is 0 Å². The molecule has 0 aliphatic carbocycles. The normalized spacial score (nSPS) is 20.9. The minimum Gasteiger partial charge on any atom is -0.382 e. The van der Waals surface area contributed by atoms with E-state index in [2.05, 4.69) is 16.2 Å². The molecule has 1 saturated heterocycles. The summed E-state index contributed by atoms with van der Waals surface area (Å²) in [5.74, 6) is -1.52. The van der Waals surface area contributed by atoms with Gasteiger partial charge in [0, 0.05) is 22.9 Å². The molecule has 1 N–H and O–H groups in total. The third-order valence-electron chi connectivity index (χ3n) is 6.10. The van der Waals surface area contributed by atoms with Crippen molar-refractivity contribution >= 4 is 14.7 Å². The van der Waals surface area contributed by atoms with E-state index in [1.165, 1.54) is 23.4 Å². The molecule has 10 heteroatoms. The van der Waals surface area contributed by atoms with Crippen LogP contribution in [0, 0.1) is 23.0 Å². The number of nitrogens with zero attached hydrogens (tertiary/aromatic N) is 4. The molecule has 2 aromatic carbocycles. The molecule has 0 radical (unpaired) electrons. The number of ether oxygens (including phenoxy) is 2. The van der Waals surface area contributed by atoms with Gasteiger partial charge in [0.05, 0.1) is 31.4 Å². The molecule has 2 heterocycles. The molecular weight excluding hydrogens is 497 g/mol. The Labute approximate surface area is 215 Å². The largest absolute Gasteiger partial charge is 0.382 e. The highest BCUT2D eigenvalue weighted by Gasteiger charge is 2.40. The molecule has 0 spiro atoms. The van der Waals surface area contributed by atoms with Gasteiger partial charge in [-0.25, -0.2) is 18.4 Å². The van der Waals surface area contributed by atoms with Gasteiger partial charge in [-0.15, -0.1) is 8.58 Å². The van der Waals surface area contributed by atoms with Crippen molar-refractivity contribution in [1.29, 1.82) is 5.26 Å². The summed E-state index contributed by atoms with van der Waals surface area (Å²) < 4.78 is 41.4. The second-order valence-corrected chi connectivity index (χ2v) is 10.8. The smallest absolute Gasteiger partial charge is 0.177 e. The Hall–Kier alpha value is -3.28. The second kappa shape index (κ2) is 12.3. The first-order valence-corrected chi connectivity index (χ1v) is 12.9. The van der Waals surface area contributed by atoms with Gasteiger partial charge in [-0.2, -0.15) is 10.4 Å². The van der Waals surface area contributed by atoms with Crippen LogP contribution in [0.15, 0.2) is 73.3 Å². The number of allylic oxidation sites excluding steroid dienone is 2. The van der Waals surface area contributed by atoms with Crippen LogP contribution in [0.1, 0.15) is 23.6 Å². The number of nitriles is 1. The molecule has 4 rings (SSSR count). The van der Waals surface area contributed by atoms with E-state index in [0.717, 1.165) is 17.7 Å². The van der Waals surface area contributed by atoms with Gasteiger partial charge in [0.1, 0.15) is 29.9 Å². The van der Waals surface area contributed by atoms with E-state index in [4.69, 9.17) is 14.7 Å². The molecule has 1 aliphatic heterocycles. The first-order chi connectivity index (χ1) is 17.9. The van der Waals surface area contributed by atoms with Crippen LogP contribution in [0.5, 0.6) is 0 Å². The van der Waals surface area contributed by atoms with E-state index >= 15 is 0 Å². The first kappa shape index (κ1) is 26.8. The molecule has 1 aliphatic rings. The minimum atomic E-state index is -1.64. The van der Waals surface area contributed by atoms with Crippen molar-refractivity contribution in [3.63, 3.8) is 0 Å². The molecule has 7 nitrogen and oxygen atoms in total. The van der Waals surface area contributed by atoms with Crippen molar-refractivity contribution in [2.45, 2.75) is 36.7 Å². The van der Waals surface area contributed by atoms with Crippen molar-refractivity contribution < 1.29 is 23.4 Å². The van der Waals surface area contributed by atoms with Crippen molar-refractivity contribution in [2.75, 3.05) is 13.2 Å². The maximum Gasteiger partial charge on any atom is 0.177 e. The molecule has 192 valence electrons. The lowest BCUT2D eigenvalue weighted by Gasteiger charge is -2.38. The monoisotopic (exact) mass is 524 g/mol. The van der Waals surface area contributed by atoms with Crippen molar-refractivity contribution in [2.24, 2.45) is 0 Å². The van der Waals surface area contributed by atoms with Gasteiger partial charge < -0.3 is 14.6 Å². The van der Waals surface area contributed by atoms with Crippen LogP contribution in [0.25, 0.3) is 6.08 Å². The predicted molar refractivity (Wildman–Crippen MR) is 137 cm³/mol. The Balaban J connectivity index is 1.35. The minimum absolute atomic E-state index is 0.000350. The summed E-state index contributed by atoms with van der Waals surface area (Å²) >= 11 is 0. The fourth-order valence-corrected chi connectivity index (χ4v) is 5.68. The van der Waals surface area contributed by atoms with E-state index < -0.39 is 29.2 Å². The molecule has 0 saturated carbocycles. The van der Waals surface area contributed by atoms with Crippen molar-refractivity contribution in [3.8, 4) is 6.07 Å². The molecule has 3 atom stereocenters. The van der Waals surface area contributed by atoms with Crippen molar-refractivity contribution in [3.05, 3.63) is 102 Å². The van der Waals surface area contributed by atoms with Gasteiger partial charge in [0.15, 0.2) is 6.29 Å². The highest BCUT2D eigenvalue weighted by Crippen LogP contribution is 2.42. The van der Waals surface area contributed by atoms with Crippen molar-refractivity contribution in [1.82, 2.24) is 14.8 Å². The van der Waals surface area contributed by atoms with Crippen LogP contribution < -0.4 is 0 Å². The fraction of sp³-hybridized carbons (Fsp3) is 0.296. The van der Waals surface area contributed by atoms with Gasteiger partial charge >= 0.3 is 0 Å². The molecule has 1 aromatic heterocycles. The molecule has 0 amide bonds. The zero-order valence-electron chi connectivity index (χ0n) is 20.2. The fourth-order valence-electron chi connectivity index (χ4n) is 4.06. The Kier molecular flexibility index (Phi) is 8.91. The summed E-state index contributed by atoms with van der Waals surface area (Å²) in [7, 11) is 0.176. The first-order valence-electron chi connectivity index (χ1n) is 11.7. The zero-order valence-corrected chi connectivity index (χ0v) is 21.2. The van der Waals surface area contributed by atoms with E-state index in [0.29, 0.717) is 18.8 Å². The van der Waals surface area contributed by atoms with Gasteiger partial charge in [-0.3, -0.25) is 0 Å². The highest BCUT2D eigenvalue weighted by molar-refractivity contribution is 7.40. The SMILES string of the molecule is C[C@@H](PC1COC(/C=C/C=C/c2ccc(C#N)cc2)OC1)[C@](O)(Cn1cncn1)c1ccc(F)cc1F. The zero-order chi connectivity index (χ0) is 26.3. The summed E-state index contributed by atoms with van der Waals surface area (Å²) in [6.07, 6.45) is 9.71. The Morgan fingerprint density at radius 1 is 1.22 bits per heavy atom. The number of hydrogen-bond donors (Lipinski definition) is 1. The molecule has 1 unspecified atom stereocenters. The summed E-state index contributed by atoms with van der Waals surface area (Å²) in [6, 6.07) is 12.5. The number of hydrogen-bond acceptors (Lipinski definition) is 6. The van der Waals surface area contributed by atoms with Crippen LogP contribution >= 0.6 is 8.58 Å². The Morgan fingerprint density at radius 2 is 1.97 bits per heavy atom. The summed E-state index contributed by atoms with van der Waals surface area (Å²) in [5, 5.41) is 24.6. The lowest BCUT2D eigenvalue weighted by atomic mass is 9.90. The maximum absolute atomic E-state index is 14.7. The van der Waals surface area contributed by atoms with Crippen LogP contribution in [-0.2, 0) is 21.6 Å². The maximum atomic E-state index is 14.7. The molecule has 37 heavy (non-hydrogen) atoms. The average molecular weight is 525 g/mol. The van der Waals surface area contributed by atoms with Gasteiger partial charge in [-0.05, 0) is 29.8 Å². The number of aliphatic hydroxyl groups is 1. The second-order valence-electron chi connectivity index (χ2n) is 8.74. The predicted octanol–water partition coefficient (Wildman–Crippen LogP) is 4.39. The average Bonchev–Trinajstić information content (AvgIpc) is 3.40. The van der Waals surface area contributed by atoms with E-state index in [-0.39, 0.29) is 26.3 Å². The number of halogens is 2. The molecular formula is C27H27F2N4O3P. The van der Waals surface area contributed by atoms with Gasteiger partial charge in [0.25, 0.3) is 0 Å². The third kappa shape index (κ3) is 6.94. The van der Waals surface area contributed by atoms with E-state index in [9.17, 15) is 13.9 Å². The molecule has 1 fully saturated rings. The quantitative estimate of drug-likeness (QED) is 0.330. The third-order valence-corrected chi connectivity index (χ3v) is 7.88. The Bertz CT molecular complexity index is 1270. The number of aromatic nitrogens is 3. The topological polar surface area (TPSA) is 93.2 Å². The van der Waals surface area contributed by atoms with Crippen LogP contribution in [-0.4, -0.2) is 50.7 Å². The number of rotatable bonds is 9. The van der Waals surface area contributed by atoms with Crippen LogP contribution in [0.4, 0.5) is 8.78 Å². The lowest BCUT2D eigenvalue weighted by molar-refractivity contribution is -0.147. The van der Waals surface area contributed by atoms with E-state index in [1.54, 1.807) is 18.2 Å². The van der Waals surface area contributed by atoms with Gasteiger partial charge in [0.2, 0.25) is 0 Å². The lowest BCUT2D eigenvalue weighted by Crippen LogP contribution is -2.43. The molecule has 0 bridgehead atoms. The van der Waals surface area contributed by atoms with Gasteiger partial charge in [-0.1, -0.05) is 43.4 Å². The van der Waals surface area contributed by atoms with Crippen LogP contribution in [0.2, 0.25) is 0 Å². The van der Waals surface area contributed by atoms with E-state index in [1.807, 2.05) is 37.3 Å². The summed E-state index contributed by atoms with van der Waals surface area (Å²) in [4.78, 5) is 3.90. The molecule has 3 aromatic rings. The number of benzene rings is 2. The Morgan fingerprint density at radius 3 is 2.62 bits per heavy atom.